The van der Waals surface area contributed by atoms with E-state index in [1.807, 2.05) is 19.9 Å². The molecule has 0 fully saturated rings. The van der Waals surface area contributed by atoms with E-state index in [1.54, 1.807) is 18.2 Å². The lowest BCUT2D eigenvalue weighted by atomic mass is 10.1. The first-order valence-electron chi connectivity index (χ1n) is 4.49. The Kier molecular flexibility index (Phi) is 3.30. The monoisotopic (exact) mass is 187 g/mol. The van der Waals surface area contributed by atoms with Crippen LogP contribution in [0.25, 0.3) is 0 Å². The summed E-state index contributed by atoms with van der Waals surface area (Å²) in [5.41, 5.74) is 2.58. The Morgan fingerprint density at radius 1 is 1.50 bits per heavy atom. The lowest BCUT2D eigenvalue weighted by Crippen LogP contribution is -1.85. The summed E-state index contributed by atoms with van der Waals surface area (Å²) in [7, 11) is 0. The van der Waals surface area contributed by atoms with Gasteiger partial charge in [-0.1, -0.05) is 11.6 Å². The van der Waals surface area contributed by atoms with Gasteiger partial charge in [-0.05, 0) is 44.0 Å². The van der Waals surface area contributed by atoms with Crippen LogP contribution in [0.3, 0.4) is 0 Å². The van der Waals surface area contributed by atoms with Crippen LogP contribution in [0.5, 0.6) is 5.75 Å². The summed E-state index contributed by atoms with van der Waals surface area (Å²) in [6.45, 7) is 4.01. The van der Waals surface area contributed by atoms with Crippen LogP contribution < -0.4 is 0 Å². The molecule has 0 bridgehead atoms. The van der Waals surface area contributed by atoms with Crippen LogP contribution in [0.15, 0.2) is 29.8 Å². The number of allylic oxidation sites excluding steroid dienone is 2. The van der Waals surface area contributed by atoms with Crippen LogP contribution in [0.2, 0.25) is 0 Å². The Labute approximate surface area is 84.1 Å². The maximum Gasteiger partial charge on any atom is 0.119 e. The van der Waals surface area contributed by atoms with Gasteiger partial charge in [0.15, 0.2) is 0 Å². The minimum Gasteiger partial charge on any atom is -0.508 e. The third-order valence-electron chi connectivity index (χ3n) is 1.94. The first-order chi connectivity index (χ1) is 6.63. The van der Waals surface area contributed by atoms with E-state index < -0.39 is 0 Å². The molecule has 0 heterocycles. The van der Waals surface area contributed by atoms with Crippen molar-refractivity contribution >= 4 is 0 Å². The van der Waals surface area contributed by atoms with Gasteiger partial charge in [0, 0.05) is 0 Å². The fourth-order valence-corrected chi connectivity index (χ4v) is 1.13. The zero-order chi connectivity index (χ0) is 10.6. The first-order valence-corrected chi connectivity index (χ1v) is 4.49. The summed E-state index contributed by atoms with van der Waals surface area (Å²) in [6.07, 6.45) is 2.69. The highest BCUT2D eigenvalue weighted by molar-refractivity contribution is 5.42. The standard InChI is InChI=1S/C12H13NO/c1-9(2)3-5-11-7-10(8-13)4-6-12(11)14/h3-4,6-7,14H,5H2,1-2H3. The van der Waals surface area contributed by atoms with E-state index in [0.29, 0.717) is 12.0 Å². The molecule has 2 nitrogen and oxygen atoms in total. The molecule has 0 saturated carbocycles. The number of nitriles is 1. The molecule has 0 radical (unpaired) electrons. The molecule has 0 amide bonds. The molecule has 0 saturated heterocycles. The van der Waals surface area contributed by atoms with Crippen molar-refractivity contribution in [3.05, 3.63) is 41.0 Å². The summed E-state index contributed by atoms with van der Waals surface area (Å²) in [5, 5.41) is 18.2. The number of rotatable bonds is 2. The molecule has 2 heteroatoms. The van der Waals surface area contributed by atoms with Gasteiger partial charge in [0.1, 0.15) is 5.75 Å². The van der Waals surface area contributed by atoms with E-state index in [9.17, 15) is 5.11 Å². The highest BCUT2D eigenvalue weighted by Gasteiger charge is 2.00. The van der Waals surface area contributed by atoms with Gasteiger partial charge in [-0.15, -0.1) is 0 Å². The van der Waals surface area contributed by atoms with Gasteiger partial charge < -0.3 is 5.11 Å². The lowest BCUT2D eigenvalue weighted by Gasteiger charge is -2.01. The third-order valence-corrected chi connectivity index (χ3v) is 1.94. The molecule has 0 atom stereocenters. The van der Waals surface area contributed by atoms with Crippen molar-refractivity contribution < 1.29 is 5.11 Å². The Bertz CT molecular complexity index is 395. The molecule has 1 aromatic rings. The normalized spacial score (nSPS) is 9.21. The van der Waals surface area contributed by atoms with Crippen LogP contribution in [0.4, 0.5) is 0 Å². The van der Waals surface area contributed by atoms with Gasteiger partial charge in [0.05, 0.1) is 11.6 Å². The van der Waals surface area contributed by atoms with E-state index in [1.165, 1.54) is 5.57 Å². The first kappa shape index (κ1) is 10.3. The molecule has 14 heavy (non-hydrogen) atoms. The van der Waals surface area contributed by atoms with Gasteiger partial charge in [0.25, 0.3) is 0 Å². The molecule has 1 aromatic carbocycles. The average molecular weight is 187 g/mol. The zero-order valence-electron chi connectivity index (χ0n) is 8.41. The predicted molar refractivity (Wildman–Crippen MR) is 56.0 cm³/mol. The Morgan fingerprint density at radius 2 is 2.21 bits per heavy atom. The summed E-state index contributed by atoms with van der Waals surface area (Å²) < 4.78 is 0. The van der Waals surface area contributed by atoms with Crippen molar-refractivity contribution in [2.75, 3.05) is 0 Å². The van der Waals surface area contributed by atoms with E-state index in [2.05, 4.69) is 6.07 Å². The van der Waals surface area contributed by atoms with Crippen molar-refractivity contribution in [3.63, 3.8) is 0 Å². The van der Waals surface area contributed by atoms with Crippen molar-refractivity contribution in [2.24, 2.45) is 0 Å². The van der Waals surface area contributed by atoms with Crippen molar-refractivity contribution in [3.8, 4) is 11.8 Å². The van der Waals surface area contributed by atoms with Crippen molar-refractivity contribution in [1.82, 2.24) is 0 Å². The Morgan fingerprint density at radius 3 is 2.79 bits per heavy atom. The van der Waals surface area contributed by atoms with Gasteiger partial charge in [-0.3, -0.25) is 0 Å². The minimum atomic E-state index is 0.251. The van der Waals surface area contributed by atoms with Crippen molar-refractivity contribution in [1.29, 1.82) is 5.26 Å². The number of aromatic hydroxyl groups is 1. The van der Waals surface area contributed by atoms with Crippen molar-refractivity contribution in [2.45, 2.75) is 20.3 Å². The smallest absolute Gasteiger partial charge is 0.119 e. The number of phenols is 1. The van der Waals surface area contributed by atoms with Gasteiger partial charge in [-0.25, -0.2) is 0 Å². The average Bonchev–Trinajstić information content (AvgIpc) is 2.16. The van der Waals surface area contributed by atoms with Gasteiger partial charge in [0.2, 0.25) is 0 Å². The molecule has 0 aliphatic heterocycles. The highest BCUT2D eigenvalue weighted by Crippen LogP contribution is 2.19. The van der Waals surface area contributed by atoms with Crippen LogP contribution in [0, 0.1) is 11.3 Å². The number of phenolic OH excluding ortho intramolecular Hbond substituents is 1. The van der Waals surface area contributed by atoms with E-state index in [0.717, 1.165) is 5.56 Å². The third kappa shape index (κ3) is 2.63. The maximum absolute atomic E-state index is 9.50. The maximum atomic E-state index is 9.50. The summed E-state index contributed by atoms with van der Waals surface area (Å²) in [6, 6.07) is 6.94. The molecule has 0 aliphatic carbocycles. The lowest BCUT2D eigenvalue weighted by molar-refractivity contribution is 0.469. The molecule has 1 rings (SSSR count). The molecule has 0 aliphatic rings. The molecule has 0 aromatic heterocycles. The molecule has 0 unspecified atom stereocenters. The van der Waals surface area contributed by atoms with E-state index in [4.69, 9.17) is 5.26 Å². The second-order valence-corrected chi connectivity index (χ2v) is 3.44. The van der Waals surface area contributed by atoms with Crippen LogP contribution in [-0.2, 0) is 6.42 Å². The highest BCUT2D eigenvalue weighted by atomic mass is 16.3. The minimum absolute atomic E-state index is 0.251. The van der Waals surface area contributed by atoms with Gasteiger partial charge in [-0.2, -0.15) is 5.26 Å². The summed E-state index contributed by atoms with van der Waals surface area (Å²) in [5.74, 6) is 0.251. The number of hydrogen-bond donors (Lipinski definition) is 1. The SMILES string of the molecule is CC(C)=CCc1cc(C#N)ccc1O. The summed E-state index contributed by atoms with van der Waals surface area (Å²) >= 11 is 0. The molecule has 1 N–H and O–H groups in total. The second-order valence-electron chi connectivity index (χ2n) is 3.44. The van der Waals surface area contributed by atoms with Crippen LogP contribution in [0.1, 0.15) is 25.0 Å². The Balaban J connectivity index is 2.96. The Hall–Kier alpha value is -1.75. The largest absolute Gasteiger partial charge is 0.508 e. The fraction of sp³-hybridized carbons (Fsp3) is 0.250. The molecule has 0 spiro atoms. The quantitative estimate of drug-likeness (QED) is 0.723. The predicted octanol–water partition coefficient (Wildman–Crippen LogP) is 2.77. The molecular weight excluding hydrogens is 174 g/mol. The second kappa shape index (κ2) is 4.48. The molecular formula is C12H13NO. The zero-order valence-corrected chi connectivity index (χ0v) is 8.41. The van der Waals surface area contributed by atoms with E-state index in [-0.39, 0.29) is 5.75 Å². The molecule has 72 valence electrons. The van der Waals surface area contributed by atoms with Crippen LogP contribution >= 0.6 is 0 Å². The van der Waals surface area contributed by atoms with Crippen LogP contribution in [-0.4, -0.2) is 5.11 Å². The summed E-state index contributed by atoms with van der Waals surface area (Å²) in [4.78, 5) is 0. The van der Waals surface area contributed by atoms with Gasteiger partial charge >= 0.3 is 0 Å². The van der Waals surface area contributed by atoms with E-state index >= 15 is 0 Å². The fourth-order valence-electron chi connectivity index (χ4n) is 1.13. The topological polar surface area (TPSA) is 44.0 Å². The number of nitrogens with zero attached hydrogens (tertiary/aromatic N) is 1. The number of benzene rings is 1. The number of hydrogen-bond acceptors (Lipinski definition) is 2.